The molecule has 1 aliphatic heterocycles. The van der Waals surface area contributed by atoms with E-state index >= 15 is 0 Å². The van der Waals surface area contributed by atoms with Gasteiger partial charge in [-0.3, -0.25) is 4.79 Å². The van der Waals surface area contributed by atoms with E-state index in [2.05, 4.69) is 0 Å². The fourth-order valence-electron chi connectivity index (χ4n) is 2.60. The summed E-state index contributed by atoms with van der Waals surface area (Å²) in [5.41, 5.74) is 2.61. The molecular formula is C19H19ClO5. The Morgan fingerprint density at radius 3 is 2.76 bits per heavy atom. The SMILES string of the molecule is COc1cc(CC(=O)OCc2cc(Cl)c3c(c2)OCCO3)ccc1C. The Kier molecular flexibility index (Phi) is 5.34. The second-order valence-corrected chi connectivity index (χ2v) is 6.15. The first-order valence-electron chi connectivity index (χ1n) is 7.94. The van der Waals surface area contributed by atoms with Crippen molar-refractivity contribution >= 4 is 17.6 Å². The zero-order chi connectivity index (χ0) is 17.8. The molecule has 0 atom stereocenters. The second kappa shape index (κ2) is 7.66. The van der Waals surface area contributed by atoms with Crippen LogP contribution in [0.25, 0.3) is 0 Å². The Labute approximate surface area is 151 Å². The number of hydrogen-bond acceptors (Lipinski definition) is 5. The summed E-state index contributed by atoms with van der Waals surface area (Å²) in [4.78, 5) is 12.1. The molecule has 0 spiro atoms. The molecule has 2 aromatic carbocycles. The van der Waals surface area contributed by atoms with Crippen LogP contribution in [0.5, 0.6) is 17.2 Å². The highest BCUT2D eigenvalue weighted by Gasteiger charge is 2.17. The van der Waals surface area contributed by atoms with Crippen molar-refractivity contribution in [3.8, 4) is 17.2 Å². The molecule has 6 heteroatoms. The van der Waals surface area contributed by atoms with Crippen LogP contribution in [-0.2, 0) is 22.6 Å². The van der Waals surface area contributed by atoms with E-state index in [1.807, 2.05) is 25.1 Å². The third-order valence-corrected chi connectivity index (χ3v) is 4.16. The fraction of sp³-hybridized carbons (Fsp3) is 0.316. The van der Waals surface area contributed by atoms with Gasteiger partial charge in [0.2, 0.25) is 0 Å². The van der Waals surface area contributed by atoms with Crippen LogP contribution >= 0.6 is 11.6 Å². The van der Waals surface area contributed by atoms with Gasteiger partial charge in [0, 0.05) is 0 Å². The van der Waals surface area contributed by atoms with Crippen molar-refractivity contribution in [2.75, 3.05) is 20.3 Å². The number of rotatable bonds is 5. The van der Waals surface area contributed by atoms with E-state index in [-0.39, 0.29) is 19.0 Å². The number of methoxy groups -OCH3 is 1. The summed E-state index contributed by atoms with van der Waals surface area (Å²) >= 11 is 6.18. The molecule has 0 radical (unpaired) electrons. The molecule has 0 unspecified atom stereocenters. The van der Waals surface area contributed by atoms with Crippen molar-refractivity contribution in [3.63, 3.8) is 0 Å². The molecule has 0 amide bonds. The molecule has 0 bridgehead atoms. The molecule has 0 saturated carbocycles. The maximum Gasteiger partial charge on any atom is 0.310 e. The van der Waals surface area contributed by atoms with Gasteiger partial charge in [-0.05, 0) is 41.8 Å². The van der Waals surface area contributed by atoms with Gasteiger partial charge in [-0.25, -0.2) is 0 Å². The van der Waals surface area contributed by atoms with Gasteiger partial charge in [0.05, 0.1) is 18.6 Å². The minimum absolute atomic E-state index is 0.123. The molecule has 5 nitrogen and oxygen atoms in total. The molecular weight excluding hydrogens is 344 g/mol. The monoisotopic (exact) mass is 362 g/mol. The first-order valence-corrected chi connectivity index (χ1v) is 8.32. The first kappa shape index (κ1) is 17.4. The highest BCUT2D eigenvalue weighted by atomic mass is 35.5. The van der Waals surface area contributed by atoms with E-state index in [4.69, 9.17) is 30.5 Å². The first-order chi connectivity index (χ1) is 12.1. The third-order valence-electron chi connectivity index (χ3n) is 3.88. The lowest BCUT2D eigenvalue weighted by Crippen LogP contribution is -2.16. The van der Waals surface area contributed by atoms with Crippen LogP contribution in [0.4, 0.5) is 0 Å². The maximum absolute atomic E-state index is 12.1. The summed E-state index contributed by atoms with van der Waals surface area (Å²) < 4.78 is 21.6. The van der Waals surface area contributed by atoms with Crippen LogP contribution in [0.2, 0.25) is 5.02 Å². The van der Waals surface area contributed by atoms with Gasteiger partial charge in [0.1, 0.15) is 25.6 Å². The van der Waals surface area contributed by atoms with Crippen molar-refractivity contribution in [3.05, 3.63) is 52.0 Å². The van der Waals surface area contributed by atoms with Crippen molar-refractivity contribution in [2.45, 2.75) is 20.0 Å². The van der Waals surface area contributed by atoms with Crippen molar-refractivity contribution in [1.82, 2.24) is 0 Å². The summed E-state index contributed by atoms with van der Waals surface area (Å²) in [5, 5.41) is 0.450. The molecule has 3 rings (SSSR count). The van der Waals surface area contributed by atoms with Gasteiger partial charge in [-0.15, -0.1) is 0 Å². The summed E-state index contributed by atoms with van der Waals surface area (Å²) in [5.74, 6) is 1.55. The number of carbonyl (C=O) groups is 1. The van der Waals surface area contributed by atoms with E-state index in [1.54, 1.807) is 19.2 Å². The van der Waals surface area contributed by atoms with E-state index in [9.17, 15) is 4.79 Å². The Morgan fingerprint density at radius 1 is 1.16 bits per heavy atom. The van der Waals surface area contributed by atoms with Crippen molar-refractivity contribution in [1.29, 1.82) is 0 Å². The number of benzene rings is 2. The van der Waals surface area contributed by atoms with E-state index in [1.165, 1.54) is 0 Å². The van der Waals surface area contributed by atoms with Crippen LogP contribution in [0.1, 0.15) is 16.7 Å². The van der Waals surface area contributed by atoms with E-state index in [0.717, 1.165) is 22.4 Å². The van der Waals surface area contributed by atoms with Gasteiger partial charge < -0.3 is 18.9 Å². The summed E-state index contributed by atoms with van der Waals surface area (Å²) in [6.07, 6.45) is 0.176. The lowest BCUT2D eigenvalue weighted by molar-refractivity contribution is -0.144. The Balaban J connectivity index is 1.62. The van der Waals surface area contributed by atoms with Gasteiger partial charge in [-0.2, -0.15) is 0 Å². The summed E-state index contributed by atoms with van der Waals surface area (Å²) in [6.45, 7) is 3.02. The topological polar surface area (TPSA) is 54.0 Å². The zero-order valence-electron chi connectivity index (χ0n) is 14.1. The third kappa shape index (κ3) is 4.17. The highest BCUT2D eigenvalue weighted by molar-refractivity contribution is 6.32. The predicted octanol–water partition coefficient (Wildman–Crippen LogP) is 3.71. The highest BCUT2D eigenvalue weighted by Crippen LogP contribution is 2.38. The molecule has 0 aromatic heterocycles. The number of carbonyl (C=O) groups excluding carboxylic acids is 1. The van der Waals surface area contributed by atoms with Crippen LogP contribution in [0.15, 0.2) is 30.3 Å². The van der Waals surface area contributed by atoms with Crippen molar-refractivity contribution in [2.24, 2.45) is 0 Å². The summed E-state index contributed by atoms with van der Waals surface area (Å²) in [6, 6.07) is 9.15. The molecule has 1 aliphatic rings. The normalized spacial score (nSPS) is 12.6. The lowest BCUT2D eigenvalue weighted by atomic mass is 10.1. The molecule has 0 fully saturated rings. The molecule has 1 heterocycles. The Hall–Kier alpha value is -2.40. The Bertz CT molecular complexity index is 788. The number of hydrogen-bond donors (Lipinski definition) is 0. The van der Waals surface area contributed by atoms with Crippen LogP contribution in [0, 0.1) is 6.92 Å². The smallest absolute Gasteiger partial charge is 0.310 e. The quantitative estimate of drug-likeness (QED) is 0.759. The van der Waals surface area contributed by atoms with E-state index < -0.39 is 0 Å². The number of aryl methyl sites for hydroxylation is 1. The molecule has 25 heavy (non-hydrogen) atoms. The maximum atomic E-state index is 12.1. The summed E-state index contributed by atoms with van der Waals surface area (Å²) in [7, 11) is 1.61. The fourth-order valence-corrected chi connectivity index (χ4v) is 2.89. The number of ether oxygens (including phenoxy) is 4. The Morgan fingerprint density at radius 2 is 1.96 bits per heavy atom. The van der Waals surface area contributed by atoms with Gasteiger partial charge in [-0.1, -0.05) is 23.7 Å². The predicted molar refractivity (Wildman–Crippen MR) is 93.7 cm³/mol. The average Bonchev–Trinajstić information content (AvgIpc) is 2.61. The molecule has 0 aliphatic carbocycles. The van der Waals surface area contributed by atoms with E-state index in [0.29, 0.717) is 29.7 Å². The number of halogens is 1. The lowest BCUT2D eigenvalue weighted by Gasteiger charge is -2.20. The molecule has 0 N–H and O–H groups in total. The number of fused-ring (bicyclic) bond motifs is 1. The largest absolute Gasteiger partial charge is 0.496 e. The number of esters is 1. The molecule has 0 saturated heterocycles. The standard InChI is InChI=1S/C19H19ClO5/c1-12-3-4-13(8-16(12)22-2)10-18(21)25-11-14-7-15(20)19-17(9-14)23-5-6-24-19/h3-4,7-9H,5-6,10-11H2,1-2H3. The zero-order valence-corrected chi connectivity index (χ0v) is 14.9. The minimum Gasteiger partial charge on any atom is -0.496 e. The molecule has 2 aromatic rings. The van der Waals surface area contributed by atoms with Crippen molar-refractivity contribution < 1.29 is 23.7 Å². The average molecular weight is 363 g/mol. The van der Waals surface area contributed by atoms with Gasteiger partial charge in [0.25, 0.3) is 0 Å². The van der Waals surface area contributed by atoms with Crippen LogP contribution in [-0.4, -0.2) is 26.3 Å². The van der Waals surface area contributed by atoms with Crippen LogP contribution in [0.3, 0.4) is 0 Å². The van der Waals surface area contributed by atoms with Gasteiger partial charge >= 0.3 is 5.97 Å². The minimum atomic E-state index is -0.322. The second-order valence-electron chi connectivity index (χ2n) is 5.74. The molecule has 132 valence electrons. The van der Waals surface area contributed by atoms with Gasteiger partial charge in [0.15, 0.2) is 11.5 Å². The van der Waals surface area contributed by atoms with Crippen LogP contribution < -0.4 is 14.2 Å².